The van der Waals surface area contributed by atoms with Crippen LogP contribution in [0.3, 0.4) is 0 Å². The summed E-state index contributed by atoms with van der Waals surface area (Å²) in [7, 11) is 0. The van der Waals surface area contributed by atoms with Gasteiger partial charge < -0.3 is 4.74 Å². The van der Waals surface area contributed by atoms with Crippen molar-refractivity contribution in [3.05, 3.63) is 30.1 Å². The van der Waals surface area contributed by atoms with Gasteiger partial charge in [0.2, 0.25) is 0 Å². The summed E-state index contributed by atoms with van der Waals surface area (Å²) in [5, 5.41) is 8.02. The van der Waals surface area contributed by atoms with Gasteiger partial charge in [0.1, 0.15) is 5.69 Å². The van der Waals surface area contributed by atoms with E-state index in [1.807, 2.05) is 18.2 Å². The Kier molecular flexibility index (Phi) is 4.81. The molecule has 0 amide bonds. The standard InChI is InChI=1S/C14H18N4O2/c1-3-5-10-18-13(11-8-6-7-9-15-11)12(16-17-18)14(19)20-4-2/h6-9H,3-5,10H2,1-2H3. The van der Waals surface area contributed by atoms with Crippen LogP contribution in [0.1, 0.15) is 37.2 Å². The van der Waals surface area contributed by atoms with Crippen LogP contribution >= 0.6 is 0 Å². The average molecular weight is 274 g/mol. The topological polar surface area (TPSA) is 69.9 Å². The first kappa shape index (κ1) is 14.2. The Morgan fingerprint density at radius 2 is 2.20 bits per heavy atom. The Bertz CT molecular complexity index is 566. The molecule has 0 radical (unpaired) electrons. The highest BCUT2D eigenvalue weighted by atomic mass is 16.5. The Hall–Kier alpha value is -2.24. The van der Waals surface area contributed by atoms with E-state index in [0.29, 0.717) is 24.5 Å². The van der Waals surface area contributed by atoms with Gasteiger partial charge in [-0.3, -0.25) is 4.98 Å². The van der Waals surface area contributed by atoms with Crippen molar-refractivity contribution >= 4 is 5.97 Å². The number of nitrogens with zero attached hydrogens (tertiary/aromatic N) is 4. The third kappa shape index (κ3) is 3.01. The number of hydrogen-bond acceptors (Lipinski definition) is 5. The van der Waals surface area contributed by atoms with Crippen LogP contribution in [0.5, 0.6) is 0 Å². The van der Waals surface area contributed by atoms with Crippen molar-refractivity contribution in [3.8, 4) is 11.4 Å². The van der Waals surface area contributed by atoms with Crippen LogP contribution in [0.4, 0.5) is 0 Å². The van der Waals surface area contributed by atoms with Gasteiger partial charge in [0.05, 0.1) is 12.3 Å². The van der Waals surface area contributed by atoms with E-state index in [9.17, 15) is 4.79 Å². The monoisotopic (exact) mass is 274 g/mol. The number of rotatable bonds is 6. The van der Waals surface area contributed by atoms with E-state index in [0.717, 1.165) is 12.8 Å². The molecule has 0 saturated heterocycles. The third-order valence-electron chi connectivity index (χ3n) is 2.83. The Morgan fingerprint density at radius 3 is 2.85 bits per heavy atom. The highest BCUT2D eigenvalue weighted by Crippen LogP contribution is 2.21. The molecule has 0 unspecified atom stereocenters. The fraction of sp³-hybridized carbons (Fsp3) is 0.429. The number of pyridine rings is 1. The van der Waals surface area contributed by atoms with Crippen molar-refractivity contribution in [3.63, 3.8) is 0 Å². The summed E-state index contributed by atoms with van der Waals surface area (Å²) >= 11 is 0. The maximum Gasteiger partial charge on any atom is 0.361 e. The largest absolute Gasteiger partial charge is 0.461 e. The van der Waals surface area contributed by atoms with E-state index in [1.165, 1.54) is 0 Å². The molecule has 0 N–H and O–H groups in total. The molecule has 0 fully saturated rings. The Balaban J connectivity index is 2.43. The van der Waals surface area contributed by atoms with E-state index in [-0.39, 0.29) is 5.69 Å². The molecule has 6 heteroatoms. The average Bonchev–Trinajstić information content (AvgIpc) is 2.90. The van der Waals surface area contributed by atoms with E-state index in [2.05, 4.69) is 22.2 Å². The number of hydrogen-bond donors (Lipinski definition) is 0. The van der Waals surface area contributed by atoms with Crippen molar-refractivity contribution in [1.82, 2.24) is 20.0 Å². The van der Waals surface area contributed by atoms with Gasteiger partial charge in [0, 0.05) is 12.7 Å². The van der Waals surface area contributed by atoms with Gasteiger partial charge in [-0.15, -0.1) is 5.10 Å². The fourth-order valence-corrected chi connectivity index (χ4v) is 1.87. The van der Waals surface area contributed by atoms with Gasteiger partial charge in [-0.05, 0) is 25.5 Å². The molecule has 0 aliphatic heterocycles. The minimum atomic E-state index is -0.462. The fourth-order valence-electron chi connectivity index (χ4n) is 1.87. The normalized spacial score (nSPS) is 10.5. The van der Waals surface area contributed by atoms with Gasteiger partial charge >= 0.3 is 5.97 Å². The van der Waals surface area contributed by atoms with Crippen LogP contribution in [0, 0.1) is 0 Å². The number of ether oxygens (including phenoxy) is 1. The van der Waals surface area contributed by atoms with Gasteiger partial charge in [-0.25, -0.2) is 9.48 Å². The van der Waals surface area contributed by atoms with Crippen molar-refractivity contribution < 1.29 is 9.53 Å². The predicted molar refractivity (Wildman–Crippen MR) is 74.1 cm³/mol. The van der Waals surface area contributed by atoms with E-state index in [4.69, 9.17) is 4.74 Å². The summed E-state index contributed by atoms with van der Waals surface area (Å²) in [6, 6.07) is 5.53. The van der Waals surface area contributed by atoms with E-state index in [1.54, 1.807) is 17.8 Å². The molecule has 2 heterocycles. The van der Waals surface area contributed by atoms with Crippen molar-refractivity contribution in [1.29, 1.82) is 0 Å². The predicted octanol–water partition coefficient (Wildman–Crippen LogP) is 2.32. The van der Waals surface area contributed by atoms with Crippen LogP contribution in [0.2, 0.25) is 0 Å². The maximum atomic E-state index is 12.0. The molecule has 0 bridgehead atoms. The second-order valence-corrected chi connectivity index (χ2v) is 4.30. The summed E-state index contributed by atoms with van der Waals surface area (Å²) in [5.74, 6) is -0.462. The molecular weight excluding hydrogens is 256 g/mol. The molecule has 0 aromatic carbocycles. The molecule has 0 aliphatic rings. The summed E-state index contributed by atoms with van der Waals surface area (Å²) in [5.41, 5.74) is 1.52. The summed E-state index contributed by atoms with van der Waals surface area (Å²) in [6.45, 7) is 4.88. The number of aromatic nitrogens is 4. The Labute approximate surface area is 117 Å². The van der Waals surface area contributed by atoms with Crippen LogP contribution in [0.25, 0.3) is 11.4 Å². The minimum absolute atomic E-state index is 0.224. The van der Waals surface area contributed by atoms with Crippen molar-refractivity contribution in [2.24, 2.45) is 0 Å². The third-order valence-corrected chi connectivity index (χ3v) is 2.83. The highest BCUT2D eigenvalue weighted by molar-refractivity contribution is 5.93. The molecule has 106 valence electrons. The zero-order chi connectivity index (χ0) is 14.4. The zero-order valence-electron chi connectivity index (χ0n) is 11.7. The molecule has 2 aromatic heterocycles. The molecule has 0 saturated carbocycles. The number of carbonyl (C=O) groups excluding carboxylic acids is 1. The molecule has 20 heavy (non-hydrogen) atoms. The summed E-state index contributed by atoms with van der Waals surface area (Å²) in [4.78, 5) is 16.2. The summed E-state index contributed by atoms with van der Waals surface area (Å²) < 4.78 is 6.75. The number of aryl methyl sites for hydroxylation is 1. The molecular formula is C14H18N4O2. The van der Waals surface area contributed by atoms with Gasteiger partial charge in [-0.1, -0.05) is 24.6 Å². The highest BCUT2D eigenvalue weighted by Gasteiger charge is 2.22. The Morgan fingerprint density at radius 1 is 1.35 bits per heavy atom. The van der Waals surface area contributed by atoms with E-state index < -0.39 is 5.97 Å². The second kappa shape index (κ2) is 6.79. The van der Waals surface area contributed by atoms with Gasteiger partial charge in [0.15, 0.2) is 5.69 Å². The molecule has 0 atom stereocenters. The maximum absolute atomic E-state index is 12.0. The molecule has 6 nitrogen and oxygen atoms in total. The second-order valence-electron chi connectivity index (χ2n) is 4.30. The van der Waals surface area contributed by atoms with Crippen LogP contribution in [-0.4, -0.2) is 32.6 Å². The lowest BCUT2D eigenvalue weighted by Crippen LogP contribution is -2.09. The lowest BCUT2D eigenvalue weighted by atomic mass is 10.2. The van der Waals surface area contributed by atoms with Crippen LogP contribution < -0.4 is 0 Å². The van der Waals surface area contributed by atoms with Crippen LogP contribution in [-0.2, 0) is 11.3 Å². The smallest absolute Gasteiger partial charge is 0.361 e. The van der Waals surface area contributed by atoms with Gasteiger partial charge in [-0.2, -0.15) is 0 Å². The molecule has 0 spiro atoms. The summed E-state index contributed by atoms with van der Waals surface area (Å²) in [6.07, 6.45) is 3.68. The quantitative estimate of drug-likeness (QED) is 0.756. The van der Waals surface area contributed by atoms with E-state index >= 15 is 0 Å². The lowest BCUT2D eigenvalue weighted by molar-refractivity contribution is 0.0520. The molecule has 2 aromatic rings. The van der Waals surface area contributed by atoms with Crippen molar-refractivity contribution in [2.45, 2.75) is 33.2 Å². The number of unbranched alkanes of at least 4 members (excludes halogenated alkanes) is 1. The first-order valence-corrected chi connectivity index (χ1v) is 6.80. The van der Waals surface area contributed by atoms with Gasteiger partial charge in [0.25, 0.3) is 0 Å². The number of esters is 1. The zero-order valence-corrected chi connectivity index (χ0v) is 11.7. The van der Waals surface area contributed by atoms with Crippen molar-refractivity contribution in [2.75, 3.05) is 6.61 Å². The molecule has 2 rings (SSSR count). The molecule has 0 aliphatic carbocycles. The lowest BCUT2D eigenvalue weighted by Gasteiger charge is -2.06. The first-order chi connectivity index (χ1) is 9.77. The number of carbonyl (C=O) groups is 1. The minimum Gasteiger partial charge on any atom is -0.461 e. The SMILES string of the molecule is CCCCn1nnc(C(=O)OCC)c1-c1ccccn1. The van der Waals surface area contributed by atoms with Crippen LogP contribution in [0.15, 0.2) is 24.4 Å². The first-order valence-electron chi connectivity index (χ1n) is 6.80.